The van der Waals surface area contributed by atoms with Crippen LogP contribution in [0.5, 0.6) is 0 Å². The number of nitrogens with zero attached hydrogens (tertiary/aromatic N) is 1. The highest BCUT2D eigenvalue weighted by atomic mass is 79.9. The molecule has 6 nitrogen and oxygen atoms in total. The molecule has 7 heteroatoms. The highest BCUT2D eigenvalue weighted by Crippen LogP contribution is 2.33. The fraction of sp³-hybridized carbons (Fsp3) is 0.619. The molecule has 1 saturated carbocycles. The SMILES string of the molecule is O=C(COC(=O)Cc1ccc(Br)cc1)NCC1(N2CCOCC2)CCCCC1. The van der Waals surface area contributed by atoms with Crippen molar-refractivity contribution < 1.29 is 19.1 Å². The Balaban J connectivity index is 1.45. The third kappa shape index (κ3) is 6.03. The van der Waals surface area contributed by atoms with E-state index >= 15 is 0 Å². The lowest BCUT2D eigenvalue weighted by Gasteiger charge is -2.48. The second-order valence-electron chi connectivity index (χ2n) is 7.63. The molecule has 0 atom stereocenters. The number of rotatable bonds is 7. The van der Waals surface area contributed by atoms with Crippen molar-refractivity contribution in [1.82, 2.24) is 10.2 Å². The molecule has 0 spiro atoms. The van der Waals surface area contributed by atoms with Gasteiger partial charge >= 0.3 is 5.97 Å². The molecule has 1 aliphatic carbocycles. The fourth-order valence-corrected chi connectivity index (χ4v) is 4.40. The lowest BCUT2D eigenvalue weighted by molar-refractivity contribution is -0.148. The second-order valence-corrected chi connectivity index (χ2v) is 8.54. The van der Waals surface area contributed by atoms with Crippen LogP contribution in [-0.2, 0) is 25.5 Å². The molecule has 154 valence electrons. The number of esters is 1. The van der Waals surface area contributed by atoms with Gasteiger partial charge in [-0.05, 0) is 30.5 Å². The van der Waals surface area contributed by atoms with Gasteiger partial charge in [-0.25, -0.2) is 0 Å². The van der Waals surface area contributed by atoms with Crippen LogP contribution in [0.3, 0.4) is 0 Å². The van der Waals surface area contributed by atoms with Gasteiger partial charge < -0.3 is 14.8 Å². The molecule has 3 rings (SSSR count). The summed E-state index contributed by atoms with van der Waals surface area (Å²) in [6.45, 7) is 3.72. The van der Waals surface area contributed by atoms with Crippen LogP contribution in [0.4, 0.5) is 0 Å². The molecule has 1 aliphatic heterocycles. The number of morpholine rings is 1. The van der Waals surface area contributed by atoms with Gasteiger partial charge in [-0.1, -0.05) is 47.3 Å². The zero-order chi connectivity index (χ0) is 19.8. The van der Waals surface area contributed by atoms with Crippen molar-refractivity contribution in [2.45, 2.75) is 44.1 Å². The minimum atomic E-state index is -0.391. The number of carbonyl (C=O) groups is 2. The summed E-state index contributed by atoms with van der Waals surface area (Å²) in [5, 5.41) is 3.01. The van der Waals surface area contributed by atoms with Crippen molar-refractivity contribution in [2.24, 2.45) is 0 Å². The van der Waals surface area contributed by atoms with E-state index in [0.29, 0.717) is 6.54 Å². The van der Waals surface area contributed by atoms with E-state index in [1.165, 1.54) is 19.3 Å². The summed E-state index contributed by atoms with van der Waals surface area (Å²) < 4.78 is 11.6. The van der Waals surface area contributed by atoms with Crippen molar-refractivity contribution in [3.63, 3.8) is 0 Å². The first kappa shape index (κ1) is 21.3. The number of hydrogen-bond acceptors (Lipinski definition) is 5. The largest absolute Gasteiger partial charge is 0.455 e. The molecule has 1 aromatic carbocycles. The summed E-state index contributed by atoms with van der Waals surface area (Å²) in [7, 11) is 0. The van der Waals surface area contributed by atoms with Gasteiger partial charge in [0.2, 0.25) is 0 Å². The van der Waals surface area contributed by atoms with Crippen molar-refractivity contribution in [2.75, 3.05) is 39.5 Å². The van der Waals surface area contributed by atoms with Crippen LogP contribution in [-0.4, -0.2) is 61.8 Å². The summed E-state index contributed by atoms with van der Waals surface area (Å²) in [6.07, 6.45) is 5.99. The van der Waals surface area contributed by atoms with E-state index in [0.717, 1.165) is 49.2 Å². The zero-order valence-electron chi connectivity index (χ0n) is 16.3. The Morgan fingerprint density at radius 3 is 2.46 bits per heavy atom. The molecule has 1 saturated heterocycles. The zero-order valence-corrected chi connectivity index (χ0v) is 17.8. The van der Waals surface area contributed by atoms with Crippen molar-refractivity contribution >= 4 is 27.8 Å². The van der Waals surface area contributed by atoms with Crippen LogP contribution in [0.2, 0.25) is 0 Å². The first-order valence-corrected chi connectivity index (χ1v) is 10.9. The van der Waals surface area contributed by atoms with E-state index in [4.69, 9.17) is 9.47 Å². The van der Waals surface area contributed by atoms with Gasteiger partial charge in [-0.15, -0.1) is 0 Å². The van der Waals surface area contributed by atoms with Crippen molar-refractivity contribution in [1.29, 1.82) is 0 Å². The summed E-state index contributed by atoms with van der Waals surface area (Å²) in [5.74, 6) is -0.625. The van der Waals surface area contributed by atoms with Gasteiger partial charge in [0.05, 0.1) is 19.6 Å². The third-order valence-electron chi connectivity index (χ3n) is 5.71. The topological polar surface area (TPSA) is 67.9 Å². The molecule has 1 N–H and O–H groups in total. The summed E-state index contributed by atoms with van der Waals surface area (Å²) in [4.78, 5) is 26.7. The standard InChI is InChI=1S/C21H29BrN2O4/c22-18-6-4-17(5-7-18)14-20(26)28-15-19(25)23-16-21(8-2-1-3-9-21)24-10-12-27-13-11-24/h4-7H,1-3,8-16H2,(H,23,25). The van der Waals surface area contributed by atoms with Crippen LogP contribution in [0.15, 0.2) is 28.7 Å². The molecular formula is C21H29BrN2O4. The molecule has 0 bridgehead atoms. The van der Waals surface area contributed by atoms with E-state index in [1.807, 2.05) is 24.3 Å². The van der Waals surface area contributed by atoms with Crippen LogP contribution in [0, 0.1) is 0 Å². The highest BCUT2D eigenvalue weighted by Gasteiger charge is 2.38. The Bertz CT molecular complexity index is 653. The Labute approximate surface area is 175 Å². The van der Waals surface area contributed by atoms with Gasteiger partial charge in [-0.2, -0.15) is 0 Å². The number of ether oxygens (including phenoxy) is 2. The van der Waals surface area contributed by atoms with E-state index < -0.39 is 5.97 Å². The van der Waals surface area contributed by atoms with E-state index in [1.54, 1.807) is 0 Å². The van der Waals surface area contributed by atoms with Crippen LogP contribution < -0.4 is 5.32 Å². The normalized spacial score (nSPS) is 19.8. The molecular weight excluding hydrogens is 424 g/mol. The minimum Gasteiger partial charge on any atom is -0.455 e. The quantitative estimate of drug-likeness (QED) is 0.644. The van der Waals surface area contributed by atoms with E-state index in [-0.39, 0.29) is 24.5 Å². The van der Waals surface area contributed by atoms with Crippen LogP contribution >= 0.6 is 15.9 Å². The maximum Gasteiger partial charge on any atom is 0.310 e. The summed E-state index contributed by atoms with van der Waals surface area (Å²) in [6, 6.07) is 7.48. The molecule has 0 aromatic heterocycles. The smallest absolute Gasteiger partial charge is 0.310 e. The molecule has 28 heavy (non-hydrogen) atoms. The summed E-state index contributed by atoms with van der Waals surface area (Å²) in [5.41, 5.74) is 0.876. The maximum absolute atomic E-state index is 12.3. The fourth-order valence-electron chi connectivity index (χ4n) is 4.13. The molecule has 1 aromatic rings. The lowest BCUT2D eigenvalue weighted by Crippen LogP contribution is -2.59. The number of carbonyl (C=O) groups excluding carboxylic acids is 2. The molecule has 1 amide bonds. The maximum atomic E-state index is 12.3. The van der Waals surface area contributed by atoms with E-state index in [9.17, 15) is 9.59 Å². The Hall–Kier alpha value is -1.44. The van der Waals surface area contributed by atoms with Gasteiger partial charge in [0, 0.05) is 29.6 Å². The first-order chi connectivity index (χ1) is 13.6. The summed E-state index contributed by atoms with van der Waals surface area (Å²) >= 11 is 3.36. The lowest BCUT2D eigenvalue weighted by atomic mass is 9.79. The monoisotopic (exact) mass is 452 g/mol. The Kier molecular flexibility index (Phi) is 7.88. The number of nitrogens with one attached hydrogen (secondary N) is 1. The number of hydrogen-bond donors (Lipinski definition) is 1. The number of halogens is 1. The Morgan fingerprint density at radius 1 is 1.11 bits per heavy atom. The molecule has 0 unspecified atom stereocenters. The first-order valence-electron chi connectivity index (χ1n) is 10.1. The highest BCUT2D eigenvalue weighted by molar-refractivity contribution is 9.10. The second kappa shape index (κ2) is 10.4. The average molecular weight is 453 g/mol. The van der Waals surface area contributed by atoms with Crippen molar-refractivity contribution in [3.05, 3.63) is 34.3 Å². The Morgan fingerprint density at radius 2 is 1.79 bits per heavy atom. The van der Waals surface area contributed by atoms with E-state index in [2.05, 4.69) is 26.1 Å². The predicted molar refractivity (Wildman–Crippen MR) is 110 cm³/mol. The molecule has 0 radical (unpaired) electrons. The van der Waals surface area contributed by atoms with Gasteiger partial charge in [0.25, 0.3) is 5.91 Å². The van der Waals surface area contributed by atoms with Crippen LogP contribution in [0.25, 0.3) is 0 Å². The van der Waals surface area contributed by atoms with Crippen molar-refractivity contribution in [3.8, 4) is 0 Å². The third-order valence-corrected chi connectivity index (χ3v) is 6.24. The van der Waals surface area contributed by atoms with Crippen LogP contribution in [0.1, 0.15) is 37.7 Å². The predicted octanol–water partition coefficient (Wildman–Crippen LogP) is 2.69. The minimum absolute atomic E-state index is 0.0130. The number of amides is 1. The average Bonchev–Trinajstić information content (AvgIpc) is 2.74. The van der Waals surface area contributed by atoms with Gasteiger partial charge in [0.1, 0.15) is 0 Å². The van der Waals surface area contributed by atoms with Gasteiger partial charge in [0.15, 0.2) is 6.61 Å². The number of benzene rings is 1. The molecule has 1 heterocycles. The molecule has 2 fully saturated rings. The van der Waals surface area contributed by atoms with Gasteiger partial charge in [-0.3, -0.25) is 14.5 Å². The molecule has 2 aliphatic rings.